The molecule has 0 atom stereocenters. The van der Waals surface area contributed by atoms with Crippen molar-refractivity contribution in [2.45, 2.75) is 46.1 Å². The summed E-state index contributed by atoms with van der Waals surface area (Å²) in [4.78, 5) is 4.61. The highest BCUT2D eigenvalue weighted by atomic mass is 32.1. The molecule has 0 saturated heterocycles. The van der Waals surface area contributed by atoms with Gasteiger partial charge in [-0.2, -0.15) is 0 Å². The summed E-state index contributed by atoms with van der Waals surface area (Å²) in [7, 11) is 0. The molecule has 2 aromatic rings. The first-order chi connectivity index (χ1) is 10.6. The molecule has 0 saturated carbocycles. The molecule has 0 radical (unpaired) electrons. The van der Waals surface area contributed by atoms with Crippen LogP contribution in [-0.4, -0.2) is 43.4 Å². The summed E-state index contributed by atoms with van der Waals surface area (Å²) in [5.41, 5.74) is 0.979. The molecule has 7 heteroatoms. The molecule has 0 aliphatic rings. The van der Waals surface area contributed by atoms with Crippen LogP contribution < -0.4 is 0 Å². The Balaban J connectivity index is 2.02. The number of hydrogen-bond acceptors (Lipinski definition) is 6. The smallest absolute Gasteiger partial charge is 0.132 e. The van der Waals surface area contributed by atoms with Gasteiger partial charge in [0.2, 0.25) is 0 Å². The molecular formula is C15H24N4O2S. The van der Waals surface area contributed by atoms with E-state index in [2.05, 4.69) is 22.2 Å². The number of thiazole rings is 1. The van der Waals surface area contributed by atoms with E-state index in [9.17, 15) is 10.2 Å². The van der Waals surface area contributed by atoms with E-state index >= 15 is 0 Å². The van der Waals surface area contributed by atoms with Gasteiger partial charge in [0.25, 0.3) is 0 Å². The van der Waals surface area contributed by atoms with Crippen LogP contribution in [-0.2, 0) is 13.0 Å². The lowest BCUT2D eigenvalue weighted by atomic mass is 9.93. The Morgan fingerprint density at radius 1 is 1.23 bits per heavy atom. The SMILES string of the molecule is CCCCCc1nc(-c2cn(CC(C)(CO)CO)nn2)cs1. The Hall–Kier alpha value is -1.31. The standard InChI is InChI=1S/C15H24N4O2S/c1-3-4-5-6-14-16-13(8-22-14)12-7-19(18-17-12)9-15(2,10-20)11-21/h7-8,20-21H,3-6,9-11H2,1-2H3. The Morgan fingerprint density at radius 3 is 2.68 bits per heavy atom. The van der Waals surface area contributed by atoms with Crippen LogP contribution in [0.4, 0.5) is 0 Å². The predicted octanol–water partition coefficient (Wildman–Crippen LogP) is 2.13. The largest absolute Gasteiger partial charge is 0.396 e. The molecule has 0 fully saturated rings. The quantitative estimate of drug-likeness (QED) is 0.690. The first-order valence-electron chi connectivity index (χ1n) is 7.67. The number of aromatic nitrogens is 4. The van der Waals surface area contributed by atoms with Gasteiger partial charge >= 0.3 is 0 Å². The van der Waals surface area contributed by atoms with Gasteiger partial charge in [-0.15, -0.1) is 16.4 Å². The first-order valence-corrected chi connectivity index (χ1v) is 8.55. The summed E-state index contributed by atoms with van der Waals surface area (Å²) >= 11 is 1.66. The van der Waals surface area contributed by atoms with Crippen LogP contribution in [0.2, 0.25) is 0 Å². The third-order valence-electron chi connectivity index (χ3n) is 3.65. The zero-order chi connectivity index (χ0) is 16.0. The van der Waals surface area contributed by atoms with Crippen molar-refractivity contribution in [3.8, 4) is 11.4 Å². The van der Waals surface area contributed by atoms with E-state index in [1.807, 2.05) is 18.5 Å². The average Bonchev–Trinajstić information content (AvgIpc) is 3.16. The third-order valence-corrected chi connectivity index (χ3v) is 4.56. The second-order valence-electron chi connectivity index (χ2n) is 6.01. The van der Waals surface area contributed by atoms with Gasteiger partial charge in [-0.25, -0.2) is 4.98 Å². The highest BCUT2D eigenvalue weighted by molar-refractivity contribution is 7.09. The number of unbranched alkanes of at least 4 members (excludes halogenated alkanes) is 2. The molecule has 0 unspecified atom stereocenters. The van der Waals surface area contributed by atoms with E-state index in [1.54, 1.807) is 16.0 Å². The zero-order valence-electron chi connectivity index (χ0n) is 13.2. The Bertz CT molecular complexity index is 578. The van der Waals surface area contributed by atoms with E-state index in [-0.39, 0.29) is 13.2 Å². The fourth-order valence-electron chi connectivity index (χ4n) is 2.10. The van der Waals surface area contributed by atoms with Crippen molar-refractivity contribution in [2.24, 2.45) is 5.41 Å². The van der Waals surface area contributed by atoms with E-state index in [0.29, 0.717) is 6.54 Å². The zero-order valence-corrected chi connectivity index (χ0v) is 14.0. The van der Waals surface area contributed by atoms with Crippen LogP contribution in [0.25, 0.3) is 11.4 Å². The number of aryl methyl sites for hydroxylation is 1. The Morgan fingerprint density at radius 2 is 2.00 bits per heavy atom. The van der Waals surface area contributed by atoms with E-state index in [1.165, 1.54) is 19.3 Å². The number of aliphatic hydroxyl groups excluding tert-OH is 2. The monoisotopic (exact) mass is 324 g/mol. The number of aliphatic hydroxyl groups is 2. The maximum atomic E-state index is 9.34. The van der Waals surface area contributed by atoms with Crippen LogP contribution in [0.5, 0.6) is 0 Å². The van der Waals surface area contributed by atoms with Crippen molar-refractivity contribution in [3.05, 3.63) is 16.6 Å². The lowest BCUT2D eigenvalue weighted by molar-refractivity contribution is 0.0519. The van der Waals surface area contributed by atoms with Gasteiger partial charge in [-0.05, 0) is 12.8 Å². The summed E-state index contributed by atoms with van der Waals surface area (Å²) in [6.07, 6.45) is 6.43. The lowest BCUT2D eigenvalue weighted by Crippen LogP contribution is -2.31. The Kier molecular flexibility index (Phi) is 6.05. The molecule has 2 heterocycles. The molecule has 2 N–H and O–H groups in total. The summed E-state index contributed by atoms with van der Waals surface area (Å²) in [6, 6.07) is 0. The van der Waals surface area contributed by atoms with E-state index in [4.69, 9.17) is 0 Å². The fraction of sp³-hybridized carbons (Fsp3) is 0.667. The minimum atomic E-state index is -0.599. The first kappa shape index (κ1) is 17.1. The molecule has 2 rings (SSSR count). The molecule has 0 amide bonds. The van der Waals surface area contributed by atoms with Crippen molar-refractivity contribution in [3.63, 3.8) is 0 Å². The highest BCUT2D eigenvalue weighted by Gasteiger charge is 2.24. The van der Waals surface area contributed by atoms with Crippen molar-refractivity contribution in [1.29, 1.82) is 0 Å². The van der Waals surface area contributed by atoms with E-state index in [0.717, 1.165) is 22.8 Å². The van der Waals surface area contributed by atoms with Gasteiger partial charge in [-0.1, -0.05) is 31.9 Å². The molecule has 0 aliphatic heterocycles. The fourth-order valence-corrected chi connectivity index (χ4v) is 2.94. The lowest BCUT2D eigenvalue weighted by Gasteiger charge is -2.23. The van der Waals surface area contributed by atoms with Gasteiger partial charge in [0.1, 0.15) is 11.4 Å². The molecule has 0 aliphatic carbocycles. The van der Waals surface area contributed by atoms with Crippen LogP contribution in [0, 0.1) is 5.41 Å². The summed E-state index contributed by atoms with van der Waals surface area (Å²) in [5, 5.41) is 30.0. The van der Waals surface area contributed by atoms with Crippen molar-refractivity contribution >= 4 is 11.3 Å². The molecule has 6 nitrogen and oxygen atoms in total. The maximum Gasteiger partial charge on any atom is 0.132 e. The molecule has 0 bridgehead atoms. The van der Waals surface area contributed by atoms with Gasteiger partial charge in [0.15, 0.2) is 0 Å². The van der Waals surface area contributed by atoms with Crippen LogP contribution in [0.1, 0.15) is 38.1 Å². The second-order valence-corrected chi connectivity index (χ2v) is 6.95. The number of nitrogens with zero attached hydrogens (tertiary/aromatic N) is 4. The van der Waals surface area contributed by atoms with Crippen molar-refractivity contribution in [2.75, 3.05) is 13.2 Å². The second kappa shape index (κ2) is 7.80. The summed E-state index contributed by atoms with van der Waals surface area (Å²) < 4.78 is 1.65. The average molecular weight is 324 g/mol. The van der Waals surface area contributed by atoms with Crippen LogP contribution >= 0.6 is 11.3 Å². The predicted molar refractivity (Wildman–Crippen MR) is 86.6 cm³/mol. The highest BCUT2D eigenvalue weighted by Crippen LogP contribution is 2.22. The van der Waals surface area contributed by atoms with Crippen molar-refractivity contribution < 1.29 is 10.2 Å². The Labute approximate surface area is 134 Å². The number of hydrogen-bond donors (Lipinski definition) is 2. The third kappa shape index (κ3) is 4.34. The molecule has 0 aromatic carbocycles. The van der Waals surface area contributed by atoms with Crippen LogP contribution in [0.3, 0.4) is 0 Å². The minimum Gasteiger partial charge on any atom is -0.396 e. The van der Waals surface area contributed by atoms with Gasteiger partial charge in [-0.3, -0.25) is 4.68 Å². The van der Waals surface area contributed by atoms with Crippen LogP contribution in [0.15, 0.2) is 11.6 Å². The molecular weight excluding hydrogens is 300 g/mol. The van der Waals surface area contributed by atoms with Gasteiger partial charge in [0.05, 0.1) is 31.0 Å². The topological polar surface area (TPSA) is 84.1 Å². The minimum absolute atomic E-state index is 0.100. The maximum absolute atomic E-state index is 9.34. The molecule has 122 valence electrons. The van der Waals surface area contributed by atoms with Gasteiger partial charge in [0, 0.05) is 10.8 Å². The molecule has 22 heavy (non-hydrogen) atoms. The van der Waals surface area contributed by atoms with Gasteiger partial charge < -0.3 is 10.2 Å². The van der Waals surface area contributed by atoms with E-state index < -0.39 is 5.41 Å². The summed E-state index contributed by atoms with van der Waals surface area (Å²) in [6.45, 7) is 4.22. The normalized spacial score (nSPS) is 12.0. The summed E-state index contributed by atoms with van der Waals surface area (Å²) in [5.74, 6) is 0. The number of rotatable bonds is 9. The molecule has 2 aromatic heterocycles. The van der Waals surface area contributed by atoms with Crippen molar-refractivity contribution in [1.82, 2.24) is 20.0 Å². The molecule has 0 spiro atoms.